The molecule has 2 aromatic rings. The highest BCUT2D eigenvalue weighted by Crippen LogP contribution is 2.25. The van der Waals surface area contributed by atoms with Gasteiger partial charge >= 0.3 is 0 Å². The largest absolute Gasteiger partial charge is 0.508 e. The lowest BCUT2D eigenvalue weighted by atomic mass is 10.2. The molecule has 0 atom stereocenters. The minimum absolute atomic E-state index is 0.179. The lowest BCUT2D eigenvalue weighted by Crippen LogP contribution is -1.98. The fourth-order valence-electron chi connectivity index (χ4n) is 1.56. The van der Waals surface area contributed by atoms with Gasteiger partial charge in [0.25, 0.3) is 0 Å². The van der Waals surface area contributed by atoms with Crippen molar-refractivity contribution in [3.05, 3.63) is 58.6 Å². The van der Waals surface area contributed by atoms with Gasteiger partial charge in [0, 0.05) is 0 Å². The summed E-state index contributed by atoms with van der Waals surface area (Å²) in [5.41, 5.74) is 1.14. The van der Waals surface area contributed by atoms with E-state index in [0.717, 1.165) is 5.56 Å². The molecule has 0 radical (unpaired) electrons. The third-order valence-corrected chi connectivity index (χ3v) is 2.77. The Hall–Kier alpha value is -2.00. The zero-order chi connectivity index (χ0) is 13.0. The Labute approximate surface area is 110 Å². The van der Waals surface area contributed by atoms with Gasteiger partial charge in [-0.3, -0.25) is 4.79 Å². The summed E-state index contributed by atoms with van der Waals surface area (Å²) in [5.74, 6) is 0.610. The monoisotopic (exact) mass is 262 g/mol. The summed E-state index contributed by atoms with van der Waals surface area (Å²) in [6.45, 7) is 0.260. The van der Waals surface area contributed by atoms with Crippen molar-refractivity contribution in [2.75, 3.05) is 0 Å². The van der Waals surface area contributed by atoms with E-state index in [1.165, 1.54) is 0 Å². The molecule has 0 aliphatic carbocycles. The van der Waals surface area contributed by atoms with E-state index in [0.29, 0.717) is 22.6 Å². The van der Waals surface area contributed by atoms with Crippen molar-refractivity contribution in [3.63, 3.8) is 0 Å². The fraction of sp³-hybridized carbons (Fsp3) is 0.0714. The van der Waals surface area contributed by atoms with Crippen LogP contribution in [-0.4, -0.2) is 11.4 Å². The molecule has 0 spiro atoms. The third-order valence-electron chi connectivity index (χ3n) is 2.44. The number of carbonyl (C=O) groups excluding carboxylic acids is 1. The molecule has 0 bridgehead atoms. The third kappa shape index (κ3) is 2.81. The van der Waals surface area contributed by atoms with E-state index in [9.17, 15) is 9.90 Å². The van der Waals surface area contributed by atoms with Gasteiger partial charge in [0.05, 0.1) is 10.6 Å². The number of aldehydes is 1. The number of carbonyl (C=O) groups is 1. The Bertz CT molecular complexity index is 567. The highest BCUT2D eigenvalue weighted by atomic mass is 35.5. The molecule has 0 unspecified atom stereocenters. The Balaban J connectivity index is 2.15. The van der Waals surface area contributed by atoms with Gasteiger partial charge in [0.1, 0.15) is 18.1 Å². The molecular formula is C14H11ClO3. The number of ether oxygens (including phenoxy) is 1. The highest BCUT2D eigenvalue weighted by Gasteiger charge is 2.07. The number of rotatable bonds is 4. The van der Waals surface area contributed by atoms with E-state index in [1.54, 1.807) is 36.4 Å². The van der Waals surface area contributed by atoms with Gasteiger partial charge in [0.2, 0.25) is 0 Å². The Morgan fingerprint density at radius 1 is 1.22 bits per heavy atom. The quantitative estimate of drug-likeness (QED) is 0.859. The first-order chi connectivity index (χ1) is 8.70. The normalized spacial score (nSPS) is 10.1. The number of halogens is 1. The molecule has 1 N–H and O–H groups in total. The first-order valence-corrected chi connectivity index (χ1v) is 5.73. The molecule has 0 heterocycles. The van der Waals surface area contributed by atoms with Gasteiger partial charge < -0.3 is 9.84 Å². The lowest BCUT2D eigenvalue weighted by Gasteiger charge is -2.09. The van der Waals surface area contributed by atoms with Crippen molar-refractivity contribution in [1.82, 2.24) is 0 Å². The van der Waals surface area contributed by atoms with Crippen LogP contribution in [0.1, 0.15) is 15.9 Å². The van der Waals surface area contributed by atoms with Crippen LogP contribution >= 0.6 is 11.6 Å². The number of benzene rings is 2. The Morgan fingerprint density at radius 3 is 2.72 bits per heavy atom. The number of aromatic hydroxyl groups is 1. The molecule has 92 valence electrons. The van der Waals surface area contributed by atoms with Crippen LogP contribution in [0.3, 0.4) is 0 Å². The van der Waals surface area contributed by atoms with Gasteiger partial charge in [0.15, 0.2) is 6.29 Å². The molecular weight excluding hydrogens is 252 g/mol. The van der Waals surface area contributed by atoms with E-state index in [1.807, 2.05) is 6.07 Å². The average Bonchev–Trinajstić information content (AvgIpc) is 2.36. The average molecular weight is 263 g/mol. The van der Waals surface area contributed by atoms with Crippen molar-refractivity contribution < 1.29 is 14.6 Å². The van der Waals surface area contributed by atoms with E-state index < -0.39 is 0 Å². The summed E-state index contributed by atoms with van der Waals surface area (Å²) in [4.78, 5) is 10.9. The van der Waals surface area contributed by atoms with Crippen molar-refractivity contribution >= 4 is 17.9 Å². The van der Waals surface area contributed by atoms with Crippen LogP contribution in [-0.2, 0) is 6.61 Å². The Kier molecular flexibility index (Phi) is 3.85. The fourth-order valence-corrected chi connectivity index (χ4v) is 1.78. The first kappa shape index (κ1) is 12.5. The molecule has 0 aliphatic rings. The van der Waals surface area contributed by atoms with Crippen LogP contribution in [0.5, 0.6) is 11.5 Å². The summed E-state index contributed by atoms with van der Waals surface area (Å²) >= 11 is 5.89. The number of hydrogen-bond acceptors (Lipinski definition) is 3. The van der Waals surface area contributed by atoms with Crippen molar-refractivity contribution in [3.8, 4) is 11.5 Å². The van der Waals surface area contributed by atoms with Crippen LogP contribution < -0.4 is 4.74 Å². The second-order valence-electron chi connectivity index (χ2n) is 3.73. The summed E-state index contributed by atoms with van der Waals surface area (Å²) in [5, 5.41) is 9.68. The number of phenols is 1. The van der Waals surface area contributed by atoms with Crippen molar-refractivity contribution in [2.45, 2.75) is 6.61 Å². The minimum Gasteiger partial charge on any atom is -0.508 e. The second-order valence-corrected chi connectivity index (χ2v) is 4.14. The van der Waals surface area contributed by atoms with E-state index in [4.69, 9.17) is 16.3 Å². The van der Waals surface area contributed by atoms with Crippen LogP contribution in [0.4, 0.5) is 0 Å². The Morgan fingerprint density at radius 2 is 2.00 bits per heavy atom. The maximum absolute atomic E-state index is 10.9. The topological polar surface area (TPSA) is 46.5 Å². The van der Waals surface area contributed by atoms with Gasteiger partial charge in [-0.2, -0.15) is 0 Å². The molecule has 0 saturated carbocycles. The summed E-state index contributed by atoms with van der Waals surface area (Å²) in [7, 11) is 0. The molecule has 2 aromatic carbocycles. The smallest absolute Gasteiger partial charge is 0.155 e. The van der Waals surface area contributed by atoms with Crippen molar-refractivity contribution in [2.24, 2.45) is 0 Å². The molecule has 0 fully saturated rings. The molecule has 4 heteroatoms. The van der Waals surface area contributed by atoms with Crippen LogP contribution in [0, 0.1) is 0 Å². The predicted octanol–water partition coefficient (Wildman–Crippen LogP) is 3.44. The van der Waals surface area contributed by atoms with E-state index in [2.05, 4.69) is 0 Å². The lowest BCUT2D eigenvalue weighted by molar-refractivity contribution is 0.111. The standard InChI is InChI=1S/C14H11ClO3/c15-13-5-2-6-14(12(13)8-16)18-9-10-3-1-4-11(17)7-10/h1-8,17H,9H2. The van der Waals surface area contributed by atoms with Crippen molar-refractivity contribution in [1.29, 1.82) is 0 Å². The SMILES string of the molecule is O=Cc1c(Cl)cccc1OCc1cccc(O)c1. The maximum Gasteiger partial charge on any atom is 0.155 e. The predicted molar refractivity (Wildman–Crippen MR) is 69.3 cm³/mol. The molecule has 3 nitrogen and oxygen atoms in total. The van der Waals surface area contributed by atoms with E-state index in [-0.39, 0.29) is 12.4 Å². The highest BCUT2D eigenvalue weighted by molar-refractivity contribution is 6.33. The van der Waals surface area contributed by atoms with Crippen LogP contribution in [0.2, 0.25) is 5.02 Å². The maximum atomic E-state index is 10.9. The molecule has 0 amide bonds. The van der Waals surface area contributed by atoms with Crippen LogP contribution in [0.15, 0.2) is 42.5 Å². The molecule has 18 heavy (non-hydrogen) atoms. The van der Waals surface area contributed by atoms with Gasteiger partial charge in [-0.05, 0) is 29.8 Å². The van der Waals surface area contributed by atoms with Gasteiger partial charge in [-0.1, -0.05) is 29.8 Å². The van der Waals surface area contributed by atoms with Gasteiger partial charge in [-0.15, -0.1) is 0 Å². The molecule has 0 aromatic heterocycles. The second kappa shape index (κ2) is 5.56. The van der Waals surface area contributed by atoms with E-state index >= 15 is 0 Å². The summed E-state index contributed by atoms with van der Waals surface area (Å²) in [6, 6.07) is 11.8. The van der Waals surface area contributed by atoms with Gasteiger partial charge in [-0.25, -0.2) is 0 Å². The minimum atomic E-state index is 0.179. The molecule has 0 aliphatic heterocycles. The molecule has 0 saturated heterocycles. The van der Waals surface area contributed by atoms with Crippen LogP contribution in [0.25, 0.3) is 0 Å². The number of hydrogen-bond donors (Lipinski definition) is 1. The summed E-state index contributed by atoms with van der Waals surface area (Å²) < 4.78 is 5.52. The zero-order valence-electron chi connectivity index (χ0n) is 9.47. The zero-order valence-corrected chi connectivity index (χ0v) is 10.2. The summed E-state index contributed by atoms with van der Waals surface area (Å²) in [6.07, 6.45) is 0.667. The number of phenolic OH excluding ortho intramolecular Hbond substituents is 1. The first-order valence-electron chi connectivity index (χ1n) is 5.35. The molecule has 2 rings (SSSR count).